The number of fused-ring (bicyclic) bond motifs is 2. The minimum absolute atomic E-state index is 0.131. The summed E-state index contributed by atoms with van der Waals surface area (Å²) in [6, 6.07) is 14.5. The highest BCUT2D eigenvalue weighted by atomic mass is 16.5. The Labute approximate surface area is 222 Å². The summed E-state index contributed by atoms with van der Waals surface area (Å²) in [5.41, 5.74) is 11.7. The van der Waals surface area contributed by atoms with Crippen LogP contribution in [-0.2, 0) is 9.53 Å². The Morgan fingerprint density at radius 1 is 1.00 bits per heavy atom. The van der Waals surface area contributed by atoms with Crippen LogP contribution in [0, 0.1) is 0 Å². The van der Waals surface area contributed by atoms with Gasteiger partial charge in [-0.3, -0.25) is 9.59 Å². The van der Waals surface area contributed by atoms with Crippen LogP contribution in [0.2, 0.25) is 0 Å². The molecule has 2 aromatic rings. The van der Waals surface area contributed by atoms with Gasteiger partial charge in [0.05, 0.1) is 25.1 Å². The van der Waals surface area contributed by atoms with E-state index in [9.17, 15) is 9.59 Å². The number of esters is 1. The molecule has 200 valence electrons. The summed E-state index contributed by atoms with van der Waals surface area (Å²) in [7, 11) is 5.66. The fourth-order valence-corrected chi connectivity index (χ4v) is 4.81. The van der Waals surface area contributed by atoms with E-state index >= 15 is 0 Å². The Bertz CT molecular complexity index is 1480. The second-order valence-electron chi connectivity index (χ2n) is 9.31. The molecular formula is C30H35N3O5. The zero-order valence-electron chi connectivity index (χ0n) is 22.7. The Morgan fingerprint density at radius 3 is 2.47 bits per heavy atom. The van der Waals surface area contributed by atoms with Gasteiger partial charge < -0.3 is 29.4 Å². The highest BCUT2D eigenvalue weighted by molar-refractivity contribution is 6.05. The van der Waals surface area contributed by atoms with Crippen LogP contribution in [0.5, 0.6) is 5.75 Å². The number of rotatable bonds is 10. The van der Waals surface area contributed by atoms with Gasteiger partial charge in [-0.1, -0.05) is 0 Å². The molecule has 1 aliphatic heterocycles. The summed E-state index contributed by atoms with van der Waals surface area (Å²) < 4.78 is 17.1. The first-order valence-electron chi connectivity index (χ1n) is 12.8. The Hall–Kier alpha value is -4.20. The number of carbonyl (C=O) groups is 1. The topological polar surface area (TPSA) is 98.2 Å². The standard InChI is InChI=1S/C30H35N3O5/c1-6-33(14-8-9-29(35)37-7-2)25-18-26(36-5)23(17-24(25)32(3)4)30-21-12-10-19(31)15-27(21)38-28-16-20(34)11-13-22(28)30/h10-13,15-18H,6-9,14,31H2,1-5H3. The van der Waals surface area contributed by atoms with E-state index in [4.69, 9.17) is 19.6 Å². The molecule has 0 saturated carbocycles. The lowest BCUT2D eigenvalue weighted by molar-refractivity contribution is -0.143. The smallest absolute Gasteiger partial charge is 0.305 e. The van der Waals surface area contributed by atoms with E-state index in [1.165, 1.54) is 6.07 Å². The lowest BCUT2D eigenvalue weighted by Crippen LogP contribution is -2.27. The number of anilines is 3. The van der Waals surface area contributed by atoms with E-state index < -0.39 is 0 Å². The van der Waals surface area contributed by atoms with Gasteiger partial charge in [0.2, 0.25) is 0 Å². The fraction of sp³-hybridized carbons (Fsp3) is 0.333. The van der Waals surface area contributed by atoms with Gasteiger partial charge >= 0.3 is 5.97 Å². The first kappa shape index (κ1) is 26.9. The molecule has 2 aromatic carbocycles. The number of ether oxygens (including phenoxy) is 2. The number of hydrogen-bond donors (Lipinski definition) is 1. The molecule has 0 amide bonds. The van der Waals surface area contributed by atoms with Crippen LogP contribution in [0.1, 0.15) is 26.7 Å². The molecule has 2 N–H and O–H groups in total. The van der Waals surface area contributed by atoms with Crippen molar-refractivity contribution in [1.82, 2.24) is 0 Å². The third kappa shape index (κ3) is 5.39. The van der Waals surface area contributed by atoms with E-state index in [2.05, 4.69) is 22.8 Å². The highest BCUT2D eigenvalue weighted by Crippen LogP contribution is 2.47. The van der Waals surface area contributed by atoms with Crippen LogP contribution in [0.25, 0.3) is 33.4 Å². The molecule has 1 aliphatic carbocycles. The van der Waals surface area contributed by atoms with Crippen molar-refractivity contribution in [3.63, 3.8) is 0 Å². The summed E-state index contributed by atoms with van der Waals surface area (Å²) in [4.78, 5) is 28.4. The quantitative estimate of drug-likeness (QED) is 0.170. The minimum atomic E-state index is -0.181. The summed E-state index contributed by atoms with van der Waals surface area (Å²) in [5, 5.41) is 0.864. The normalized spacial score (nSPS) is 11.1. The number of nitrogen functional groups attached to an aromatic ring is 1. The molecular weight excluding hydrogens is 482 g/mol. The molecule has 8 nitrogen and oxygen atoms in total. The van der Waals surface area contributed by atoms with Crippen molar-refractivity contribution < 1.29 is 18.7 Å². The van der Waals surface area contributed by atoms with Gasteiger partial charge in [-0.25, -0.2) is 0 Å². The SMILES string of the molecule is CCOC(=O)CCCN(CC)c1cc(OC)c(-c2c3ccc(=O)cc-3oc3cc(N)ccc23)cc1N(C)C. The van der Waals surface area contributed by atoms with E-state index in [0.29, 0.717) is 48.8 Å². The van der Waals surface area contributed by atoms with Crippen LogP contribution in [0.3, 0.4) is 0 Å². The highest BCUT2D eigenvalue weighted by Gasteiger charge is 2.23. The van der Waals surface area contributed by atoms with Crippen molar-refractivity contribution in [1.29, 1.82) is 0 Å². The van der Waals surface area contributed by atoms with Crippen molar-refractivity contribution >= 4 is 34.0 Å². The maximum atomic E-state index is 12.2. The molecule has 0 unspecified atom stereocenters. The number of nitrogens with zero attached hydrogens (tertiary/aromatic N) is 2. The van der Waals surface area contributed by atoms with Crippen molar-refractivity contribution in [3.8, 4) is 28.2 Å². The molecule has 0 spiro atoms. The maximum Gasteiger partial charge on any atom is 0.305 e. The first-order chi connectivity index (χ1) is 18.3. The van der Waals surface area contributed by atoms with Gasteiger partial charge in [0, 0.05) is 79.6 Å². The van der Waals surface area contributed by atoms with Gasteiger partial charge in [0.1, 0.15) is 17.1 Å². The molecule has 0 bridgehead atoms. The predicted octanol–water partition coefficient (Wildman–Crippen LogP) is 5.39. The Kier molecular flexibility index (Phi) is 8.10. The largest absolute Gasteiger partial charge is 0.496 e. The predicted molar refractivity (Wildman–Crippen MR) is 154 cm³/mol. The van der Waals surface area contributed by atoms with Gasteiger partial charge in [-0.05, 0) is 50.6 Å². The number of benzene rings is 3. The van der Waals surface area contributed by atoms with Gasteiger partial charge in [-0.2, -0.15) is 0 Å². The average Bonchev–Trinajstić information content (AvgIpc) is 2.89. The average molecular weight is 518 g/mol. The summed E-state index contributed by atoms with van der Waals surface area (Å²) >= 11 is 0. The monoisotopic (exact) mass is 517 g/mol. The Morgan fingerprint density at radius 2 is 1.79 bits per heavy atom. The van der Waals surface area contributed by atoms with Gasteiger partial charge in [-0.15, -0.1) is 0 Å². The summed E-state index contributed by atoms with van der Waals surface area (Å²) in [5.74, 6) is 0.989. The third-order valence-electron chi connectivity index (χ3n) is 6.60. The number of hydrogen-bond acceptors (Lipinski definition) is 8. The number of carbonyl (C=O) groups excluding carboxylic acids is 1. The minimum Gasteiger partial charge on any atom is -0.496 e. The molecule has 0 radical (unpaired) electrons. The Balaban J connectivity index is 1.89. The lowest BCUT2D eigenvalue weighted by Gasteiger charge is -2.30. The number of nitrogens with two attached hydrogens (primary N) is 1. The van der Waals surface area contributed by atoms with Crippen molar-refractivity contribution in [2.75, 3.05) is 56.4 Å². The fourth-order valence-electron chi connectivity index (χ4n) is 4.81. The van der Waals surface area contributed by atoms with E-state index in [-0.39, 0.29) is 11.4 Å². The van der Waals surface area contributed by atoms with Crippen molar-refractivity contribution in [2.45, 2.75) is 26.7 Å². The second kappa shape index (κ2) is 11.5. The molecule has 0 fully saturated rings. The van der Waals surface area contributed by atoms with Crippen molar-refractivity contribution in [2.24, 2.45) is 0 Å². The van der Waals surface area contributed by atoms with E-state index in [0.717, 1.165) is 40.0 Å². The molecule has 0 aromatic heterocycles. The zero-order chi connectivity index (χ0) is 27.4. The van der Waals surface area contributed by atoms with Gasteiger partial charge in [0.25, 0.3) is 0 Å². The molecule has 2 aliphatic rings. The van der Waals surface area contributed by atoms with Crippen LogP contribution in [0.15, 0.2) is 57.7 Å². The molecule has 1 heterocycles. The molecule has 38 heavy (non-hydrogen) atoms. The summed E-state index contributed by atoms with van der Waals surface area (Å²) in [6.45, 7) is 5.75. The lowest BCUT2D eigenvalue weighted by atomic mass is 9.92. The van der Waals surface area contributed by atoms with E-state index in [1.54, 1.807) is 25.3 Å². The third-order valence-corrected chi connectivity index (χ3v) is 6.60. The van der Waals surface area contributed by atoms with Crippen LogP contribution in [0.4, 0.5) is 17.1 Å². The van der Waals surface area contributed by atoms with E-state index in [1.807, 2.05) is 39.2 Å². The van der Waals surface area contributed by atoms with Crippen LogP contribution in [-0.4, -0.2) is 46.9 Å². The van der Waals surface area contributed by atoms with Gasteiger partial charge in [0.15, 0.2) is 5.43 Å². The molecule has 4 rings (SSSR count). The van der Waals surface area contributed by atoms with Crippen LogP contribution >= 0.6 is 0 Å². The van der Waals surface area contributed by atoms with Crippen molar-refractivity contribution in [3.05, 3.63) is 58.8 Å². The molecule has 0 atom stereocenters. The number of methoxy groups -OCH3 is 1. The van der Waals surface area contributed by atoms with Crippen LogP contribution < -0.4 is 25.7 Å². The molecule has 8 heteroatoms. The maximum absolute atomic E-state index is 12.2. The first-order valence-corrected chi connectivity index (χ1v) is 12.8. The zero-order valence-corrected chi connectivity index (χ0v) is 22.7. The summed E-state index contributed by atoms with van der Waals surface area (Å²) in [6.07, 6.45) is 1.05. The molecule has 0 saturated heterocycles. The second-order valence-corrected chi connectivity index (χ2v) is 9.31.